The molecule has 2 rings (SSSR count). The lowest BCUT2D eigenvalue weighted by molar-refractivity contribution is 0.0171. The van der Waals surface area contributed by atoms with Crippen LogP contribution in [0.4, 0.5) is 4.79 Å². The summed E-state index contributed by atoms with van der Waals surface area (Å²) in [6, 6.07) is 3.10. The maximum Gasteiger partial charge on any atom is 0.410 e. The number of ketones is 1. The second-order valence-electron chi connectivity index (χ2n) is 6.37. The molecule has 1 aliphatic rings. The molecule has 6 nitrogen and oxygen atoms in total. The number of hydrogen-bond acceptors (Lipinski definition) is 5. The summed E-state index contributed by atoms with van der Waals surface area (Å²) in [4.78, 5) is 26.1. The van der Waals surface area contributed by atoms with Gasteiger partial charge in [-0.15, -0.1) is 10.2 Å². The van der Waals surface area contributed by atoms with E-state index in [2.05, 4.69) is 10.2 Å². The molecule has 120 valence electrons. The predicted molar refractivity (Wildman–Crippen MR) is 81.9 cm³/mol. The largest absolute Gasteiger partial charge is 0.444 e. The standard InChI is InChI=1S/C15H20ClN3O3/c1-15(2,3)22-14(21)19-8-4-5-10(9-19)13(20)11-6-7-12(16)18-17-11/h6-7,10H,4-5,8-9H2,1-3H3. The number of aromatic nitrogens is 2. The summed E-state index contributed by atoms with van der Waals surface area (Å²) < 4.78 is 5.36. The molecule has 0 N–H and O–H groups in total. The Kier molecular flexibility index (Phi) is 5.01. The third-order valence-corrected chi connectivity index (χ3v) is 3.53. The van der Waals surface area contributed by atoms with Gasteiger partial charge < -0.3 is 9.64 Å². The lowest BCUT2D eigenvalue weighted by Gasteiger charge is -2.33. The van der Waals surface area contributed by atoms with Crippen molar-refractivity contribution < 1.29 is 14.3 Å². The van der Waals surface area contributed by atoms with Crippen LogP contribution in [0.2, 0.25) is 5.15 Å². The number of carbonyl (C=O) groups is 2. The van der Waals surface area contributed by atoms with E-state index in [9.17, 15) is 9.59 Å². The number of nitrogens with zero attached hydrogens (tertiary/aromatic N) is 3. The molecule has 1 atom stereocenters. The SMILES string of the molecule is CC(C)(C)OC(=O)N1CCCC(C(=O)c2ccc(Cl)nn2)C1. The van der Waals surface area contributed by atoms with E-state index >= 15 is 0 Å². The summed E-state index contributed by atoms with van der Waals surface area (Å²) in [6.07, 6.45) is 1.10. The fraction of sp³-hybridized carbons (Fsp3) is 0.600. The van der Waals surface area contributed by atoms with Crippen molar-refractivity contribution in [1.82, 2.24) is 15.1 Å². The van der Waals surface area contributed by atoms with Gasteiger partial charge in [0.15, 0.2) is 10.9 Å². The number of ether oxygens (including phenoxy) is 1. The number of likely N-dealkylation sites (tertiary alicyclic amines) is 1. The Morgan fingerprint density at radius 3 is 2.64 bits per heavy atom. The van der Waals surface area contributed by atoms with Crippen molar-refractivity contribution in [3.05, 3.63) is 23.0 Å². The molecule has 1 amide bonds. The molecule has 1 aromatic rings. The average molecular weight is 326 g/mol. The summed E-state index contributed by atoms with van der Waals surface area (Å²) in [5.41, 5.74) is -0.268. The maximum absolute atomic E-state index is 12.4. The van der Waals surface area contributed by atoms with Crippen LogP contribution < -0.4 is 0 Å². The van der Waals surface area contributed by atoms with E-state index in [4.69, 9.17) is 16.3 Å². The Labute approximate surface area is 134 Å². The van der Waals surface area contributed by atoms with Crippen LogP contribution >= 0.6 is 11.6 Å². The molecule has 0 saturated carbocycles. The fourth-order valence-corrected chi connectivity index (χ4v) is 2.44. The average Bonchev–Trinajstić information content (AvgIpc) is 2.46. The first kappa shape index (κ1) is 16.7. The van der Waals surface area contributed by atoms with E-state index in [0.29, 0.717) is 13.1 Å². The number of rotatable bonds is 2. The van der Waals surface area contributed by atoms with Crippen molar-refractivity contribution in [2.45, 2.75) is 39.2 Å². The monoisotopic (exact) mass is 325 g/mol. The Morgan fingerprint density at radius 1 is 1.32 bits per heavy atom. The topological polar surface area (TPSA) is 72.4 Å². The summed E-state index contributed by atoms with van der Waals surface area (Å²) in [6.45, 7) is 6.41. The van der Waals surface area contributed by atoms with Crippen LogP contribution in [0.1, 0.15) is 44.1 Å². The van der Waals surface area contributed by atoms with Gasteiger partial charge in [0.2, 0.25) is 0 Å². The Balaban J connectivity index is 2.02. The lowest BCUT2D eigenvalue weighted by Crippen LogP contribution is -2.44. The predicted octanol–water partition coefficient (Wildman–Crippen LogP) is 2.96. The highest BCUT2D eigenvalue weighted by Crippen LogP contribution is 2.22. The third kappa shape index (κ3) is 4.40. The molecule has 0 radical (unpaired) electrons. The van der Waals surface area contributed by atoms with Crippen molar-refractivity contribution in [2.75, 3.05) is 13.1 Å². The summed E-state index contributed by atoms with van der Waals surface area (Å²) in [5, 5.41) is 7.75. The zero-order valence-corrected chi connectivity index (χ0v) is 13.8. The minimum atomic E-state index is -0.546. The van der Waals surface area contributed by atoms with E-state index in [-0.39, 0.29) is 28.6 Å². The molecule has 1 unspecified atom stereocenters. The number of amides is 1. The van der Waals surface area contributed by atoms with Gasteiger partial charge in [0.05, 0.1) is 0 Å². The molecule has 1 saturated heterocycles. The highest BCUT2D eigenvalue weighted by atomic mass is 35.5. The molecule has 0 aromatic carbocycles. The van der Waals surface area contributed by atoms with Crippen LogP contribution in [0.25, 0.3) is 0 Å². The van der Waals surface area contributed by atoms with Gasteiger partial charge in [-0.05, 0) is 45.7 Å². The Morgan fingerprint density at radius 2 is 2.05 bits per heavy atom. The zero-order chi connectivity index (χ0) is 16.3. The number of hydrogen-bond donors (Lipinski definition) is 0. The first-order valence-corrected chi connectivity index (χ1v) is 7.65. The minimum absolute atomic E-state index is 0.113. The van der Waals surface area contributed by atoms with E-state index in [1.807, 2.05) is 20.8 Å². The molecule has 1 aliphatic heterocycles. The summed E-state index contributed by atoms with van der Waals surface area (Å²) in [7, 11) is 0. The molecule has 0 aliphatic carbocycles. The van der Waals surface area contributed by atoms with Gasteiger partial charge in [-0.1, -0.05) is 11.6 Å². The molecule has 1 aromatic heterocycles. The Bertz CT molecular complexity index is 554. The highest BCUT2D eigenvalue weighted by molar-refractivity contribution is 6.29. The summed E-state index contributed by atoms with van der Waals surface area (Å²) in [5.74, 6) is -0.394. The first-order valence-electron chi connectivity index (χ1n) is 7.27. The first-order chi connectivity index (χ1) is 10.3. The number of piperidine rings is 1. The van der Waals surface area contributed by atoms with Crippen LogP contribution in [-0.2, 0) is 4.74 Å². The van der Waals surface area contributed by atoms with Crippen LogP contribution in [0.15, 0.2) is 12.1 Å². The van der Waals surface area contributed by atoms with Gasteiger partial charge in [-0.2, -0.15) is 0 Å². The molecular formula is C15H20ClN3O3. The van der Waals surface area contributed by atoms with Crippen molar-refractivity contribution in [2.24, 2.45) is 5.92 Å². The van der Waals surface area contributed by atoms with Crippen LogP contribution in [-0.4, -0.2) is 45.7 Å². The fourth-order valence-electron chi connectivity index (χ4n) is 2.34. The number of Topliss-reactive ketones (excluding diaryl/α,β-unsaturated/α-hetero) is 1. The zero-order valence-electron chi connectivity index (χ0n) is 13.0. The van der Waals surface area contributed by atoms with Gasteiger partial charge in [-0.3, -0.25) is 4.79 Å². The van der Waals surface area contributed by atoms with Crippen molar-refractivity contribution in [1.29, 1.82) is 0 Å². The van der Waals surface area contributed by atoms with Crippen LogP contribution in [0, 0.1) is 5.92 Å². The molecule has 0 bridgehead atoms. The number of halogens is 1. The molecule has 2 heterocycles. The molecule has 1 fully saturated rings. The highest BCUT2D eigenvalue weighted by Gasteiger charge is 2.32. The quantitative estimate of drug-likeness (QED) is 0.782. The second-order valence-corrected chi connectivity index (χ2v) is 6.76. The normalized spacial score (nSPS) is 18.9. The molecular weight excluding hydrogens is 306 g/mol. The van der Waals surface area contributed by atoms with Crippen LogP contribution in [0.3, 0.4) is 0 Å². The smallest absolute Gasteiger partial charge is 0.410 e. The van der Waals surface area contributed by atoms with E-state index in [1.165, 1.54) is 6.07 Å². The van der Waals surface area contributed by atoms with Crippen LogP contribution in [0.5, 0.6) is 0 Å². The minimum Gasteiger partial charge on any atom is -0.444 e. The molecule has 7 heteroatoms. The van der Waals surface area contributed by atoms with Crippen molar-refractivity contribution >= 4 is 23.5 Å². The number of carbonyl (C=O) groups excluding carboxylic acids is 2. The van der Waals surface area contributed by atoms with Crippen molar-refractivity contribution in [3.63, 3.8) is 0 Å². The van der Waals surface area contributed by atoms with Gasteiger partial charge in [0, 0.05) is 19.0 Å². The van der Waals surface area contributed by atoms with E-state index < -0.39 is 5.60 Å². The van der Waals surface area contributed by atoms with E-state index in [1.54, 1.807) is 11.0 Å². The Hall–Kier alpha value is -1.69. The van der Waals surface area contributed by atoms with Gasteiger partial charge in [0.1, 0.15) is 11.3 Å². The second kappa shape index (κ2) is 6.60. The van der Waals surface area contributed by atoms with Gasteiger partial charge in [0.25, 0.3) is 0 Å². The molecule has 22 heavy (non-hydrogen) atoms. The summed E-state index contributed by atoms with van der Waals surface area (Å²) >= 11 is 5.67. The third-order valence-electron chi connectivity index (χ3n) is 3.33. The van der Waals surface area contributed by atoms with Gasteiger partial charge >= 0.3 is 6.09 Å². The van der Waals surface area contributed by atoms with E-state index in [0.717, 1.165) is 12.8 Å². The maximum atomic E-state index is 12.4. The van der Waals surface area contributed by atoms with Gasteiger partial charge in [-0.25, -0.2) is 4.79 Å². The van der Waals surface area contributed by atoms with Crippen molar-refractivity contribution in [3.8, 4) is 0 Å². The molecule has 0 spiro atoms. The lowest BCUT2D eigenvalue weighted by atomic mass is 9.92.